The lowest BCUT2D eigenvalue weighted by molar-refractivity contribution is -0.114. The van der Waals surface area contributed by atoms with E-state index >= 15 is 0 Å². The van der Waals surface area contributed by atoms with Crippen LogP contribution in [0.25, 0.3) is 0 Å². The molecule has 0 atom stereocenters. The zero-order chi connectivity index (χ0) is 15.4. The number of carbonyl (C=O) groups is 2. The second-order valence-electron chi connectivity index (χ2n) is 4.41. The Balaban J connectivity index is 2.24. The second-order valence-corrected chi connectivity index (χ2v) is 4.41. The summed E-state index contributed by atoms with van der Waals surface area (Å²) in [6.07, 6.45) is -0.141. The van der Waals surface area contributed by atoms with Crippen LogP contribution >= 0.6 is 0 Å². The second kappa shape index (κ2) is 6.09. The molecule has 0 heterocycles. The maximum Gasteiger partial charge on any atom is 0.232 e. The molecule has 2 aromatic rings. The fourth-order valence-corrected chi connectivity index (χ4v) is 1.97. The predicted molar refractivity (Wildman–Crippen MR) is 75.8 cm³/mol. The normalized spacial score (nSPS) is 10.1. The third-order valence-corrected chi connectivity index (χ3v) is 3.06. The number of rotatable bonds is 5. The van der Waals surface area contributed by atoms with Gasteiger partial charge in [-0.3, -0.25) is 9.59 Å². The molecule has 0 spiro atoms. The molecular weight excluding hydrogens is 272 g/mol. The molecule has 108 valence electrons. The van der Waals surface area contributed by atoms with E-state index in [-0.39, 0.29) is 12.0 Å². The number of hydrogen-bond donors (Lipinski definition) is 2. The fourth-order valence-electron chi connectivity index (χ4n) is 1.97. The Morgan fingerprint density at radius 2 is 1.76 bits per heavy atom. The third kappa shape index (κ3) is 3.02. The highest BCUT2D eigenvalue weighted by Gasteiger charge is 2.22. The number of carbonyl (C=O) groups excluding carboxylic acids is 2. The summed E-state index contributed by atoms with van der Waals surface area (Å²) in [5, 5.41) is 19.0. The van der Waals surface area contributed by atoms with E-state index in [0.717, 1.165) is 0 Å². The molecular formula is C16H14O5. The summed E-state index contributed by atoms with van der Waals surface area (Å²) in [5.74, 6) is -2.06. The van der Waals surface area contributed by atoms with Crippen LogP contribution in [-0.2, 0) is 11.2 Å². The van der Waals surface area contributed by atoms with Crippen molar-refractivity contribution >= 4 is 11.6 Å². The molecule has 5 heteroatoms. The highest BCUT2D eigenvalue weighted by molar-refractivity contribution is 6.44. The fraction of sp³-hybridized carbons (Fsp3) is 0.125. The van der Waals surface area contributed by atoms with Gasteiger partial charge in [0.25, 0.3) is 0 Å². The summed E-state index contributed by atoms with van der Waals surface area (Å²) in [4.78, 5) is 24.1. The summed E-state index contributed by atoms with van der Waals surface area (Å²) >= 11 is 0. The Morgan fingerprint density at radius 3 is 2.48 bits per heavy atom. The number of para-hydroxylation sites is 2. The lowest BCUT2D eigenvalue weighted by Gasteiger charge is -2.08. The van der Waals surface area contributed by atoms with E-state index in [1.807, 2.05) is 0 Å². The maximum absolute atomic E-state index is 12.1. The molecule has 0 bridgehead atoms. The van der Waals surface area contributed by atoms with Gasteiger partial charge in [0.2, 0.25) is 11.6 Å². The van der Waals surface area contributed by atoms with Crippen molar-refractivity contribution < 1.29 is 24.5 Å². The van der Waals surface area contributed by atoms with Crippen LogP contribution in [0.3, 0.4) is 0 Å². The SMILES string of the molecule is COc1ccccc1CC(=O)C(=O)c1cccc(O)c1O. The van der Waals surface area contributed by atoms with E-state index in [1.165, 1.54) is 25.3 Å². The van der Waals surface area contributed by atoms with Gasteiger partial charge in [-0.25, -0.2) is 0 Å². The Bertz CT molecular complexity index is 691. The first-order chi connectivity index (χ1) is 10.0. The molecule has 0 aromatic heterocycles. The summed E-state index contributed by atoms with van der Waals surface area (Å²) < 4.78 is 5.12. The lowest BCUT2D eigenvalue weighted by Crippen LogP contribution is -2.17. The van der Waals surface area contributed by atoms with Crippen LogP contribution in [0.4, 0.5) is 0 Å². The number of hydrogen-bond acceptors (Lipinski definition) is 5. The Hall–Kier alpha value is -2.82. The van der Waals surface area contributed by atoms with Crippen molar-refractivity contribution in [2.24, 2.45) is 0 Å². The molecule has 0 saturated carbocycles. The summed E-state index contributed by atoms with van der Waals surface area (Å²) in [6.45, 7) is 0. The summed E-state index contributed by atoms with van der Waals surface area (Å²) in [5.41, 5.74) is 0.368. The van der Waals surface area contributed by atoms with Gasteiger partial charge < -0.3 is 14.9 Å². The smallest absolute Gasteiger partial charge is 0.232 e. The van der Waals surface area contributed by atoms with Crippen molar-refractivity contribution in [3.63, 3.8) is 0 Å². The van der Waals surface area contributed by atoms with Crippen LogP contribution in [0.5, 0.6) is 17.2 Å². The zero-order valence-corrected chi connectivity index (χ0v) is 11.4. The minimum Gasteiger partial charge on any atom is -0.504 e. The first kappa shape index (κ1) is 14.6. The molecule has 2 rings (SSSR count). The van der Waals surface area contributed by atoms with Crippen molar-refractivity contribution in [2.45, 2.75) is 6.42 Å². The van der Waals surface area contributed by atoms with Gasteiger partial charge in [0.15, 0.2) is 11.5 Å². The molecule has 0 amide bonds. The van der Waals surface area contributed by atoms with Crippen LogP contribution in [-0.4, -0.2) is 28.9 Å². The summed E-state index contributed by atoms with van der Waals surface area (Å²) in [6, 6.07) is 10.8. The third-order valence-electron chi connectivity index (χ3n) is 3.06. The monoisotopic (exact) mass is 286 g/mol. The Kier molecular flexibility index (Phi) is 4.23. The van der Waals surface area contributed by atoms with E-state index in [4.69, 9.17) is 4.74 Å². The average Bonchev–Trinajstić information content (AvgIpc) is 2.50. The molecule has 0 aliphatic rings. The van der Waals surface area contributed by atoms with E-state index in [0.29, 0.717) is 11.3 Å². The van der Waals surface area contributed by atoms with E-state index in [2.05, 4.69) is 0 Å². The van der Waals surface area contributed by atoms with Crippen molar-refractivity contribution in [3.8, 4) is 17.2 Å². The standard InChI is InChI=1S/C16H14O5/c1-21-14-8-3-2-5-10(14)9-13(18)16(20)11-6-4-7-12(17)15(11)19/h2-8,17,19H,9H2,1H3. The van der Waals surface area contributed by atoms with Crippen LogP contribution in [0.2, 0.25) is 0 Å². The number of methoxy groups -OCH3 is 1. The van der Waals surface area contributed by atoms with Crippen molar-refractivity contribution in [1.82, 2.24) is 0 Å². The van der Waals surface area contributed by atoms with Gasteiger partial charge in [-0.05, 0) is 18.2 Å². The van der Waals surface area contributed by atoms with Gasteiger partial charge in [-0.2, -0.15) is 0 Å². The van der Waals surface area contributed by atoms with Crippen LogP contribution in [0.1, 0.15) is 15.9 Å². The van der Waals surface area contributed by atoms with Gasteiger partial charge in [0.05, 0.1) is 12.7 Å². The molecule has 2 N–H and O–H groups in total. The molecule has 21 heavy (non-hydrogen) atoms. The van der Waals surface area contributed by atoms with Gasteiger partial charge in [0.1, 0.15) is 5.75 Å². The highest BCUT2D eigenvalue weighted by Crippen LogP contribution is 2.29. The summed E-state index contributed by atoms with van der Waals surface area (Å²) in [7, 11) is 1.48. The van der Waals surface area contributed by atoms with Gasteiger partial charge in [0, 0.05) is 12.0 Å². The van der Waals surface area contributed by atoms with Crippen molar-refractivity contribution in [2.75, 3.05) is 7.11 Å². The molecule has 0 unspecified atom stereocenters. The average molecular weight is 286 g/mol. The lowest BCUT2D eigenvalue weighted by atomic mass is 10.00. The topological polar surface area (TPSA) is 83.8 Å². The van der Waals surface area contributed by atoms with E-state index in [1.54, 1.807) is 24.3 Å². The molecule has 0 aliphatic carbocycles. The minimum absolute atomic E-state index is 0.141. The maximum atomic E-state index is 12.1. The number of Topliss-reactive ketones (excluding diaryl/α,β-unsaturated/α-hetero) is 2. The number of ketones is 2. The number of benzene rings is 2. The highest BCUT2D eigenvalue weighted by atomic mass is 16.5. The predicted octanol–water partition coefficient (Wildman–Crippen LogP) is 2.10. The quantitative estimate of drug-likeness (QED) is 0.499. The first-order valence-corrected chi connectivity index (χ1v) is 6.25. The largest absolute Gasteiger partial charge is 0.504 e. The molecule has 0 fully saturated rings. The van der Waals surface area contributed by atoms with Crippen molar-refractivity contribution in [3.05, 3.63) is 53.6 Å². The molecule has 0 saturated heterocycles. The van der Waals surface area contributed by atoms with Crippen molar-refractivity contribution in [1.29, 1.82) is 0 Å². The molecule has 0 aliphatic heterocycles. The van der Waals surface area contributed by atoms with Gasteiger partial charge in [-0.1, -0.05) is 24.3 Å². The molecule has 2 aromatic carbocycles. The van der Waals surface area contributed by atoms with Crippen LogP contribution < -0.4 is 4.74 Å². The number of phenolic OH excluding ortho intramolecular Hbond substituents is 2. The van der Waals surface area contributed by atoms with Gasteiger partial charge in [-0.15, -0.1) is 0 Å². The molecule has 0 radical (unpaired) electrons. The number of ether oxygens (including phenoxy) is 1. The number of aromatic hydroxyl groups is 2. The zero-order valence-electron chi connectivity index (χ0n) is 11.4. The Labute approximate surface area is 121 Å². The van der Waals surface area contributed by atoms with Crippen LogP contribution in [0, 0.1) is 0 Å². The first-order valence-electron chi connectivity index (χ1n) is 6.25. The van der Waals surface area contributed by atoms with Crippen LogP contribution in [0.15, 0.2) is 42.5 Å². The molecule has 5 nitrogen and oxygen atoms in total. The van der Waals surface area contributed by atoms with E-state index < -0.39 is 23.1 Å². The van der Waals surface area contributed by atoms with Gasteiger partial charge >= 0.3 is 0 Å². The Morgan fingerprint density at radius 1 is 1.05 bits per heavy atom. The number of phenols is 2. The minimum atomic E-state index is -0.852. The van der Waals surface area contributed by atoms with E-state index in [9.17, 15) is 19.8 Å².